The molecule has 0 bridgehead atoms. The monoisotopic (exact) mass is 299 g/mol. The topological polar surface area (TPSA) is 21.7 Å². The quantitative estimate of drug-likeness (QED) is 0.853. The van der Waals surface area contributed by atoms with Crippen LogP contribution in [-0.2, 0) is 11.3 Å². The van der Waals surface area contributed by atoms with Crippen LogP contribution in [0.2, 0.25) is 0 Å². The third kappa shape index (κ3) is 3.44. The van der Waals surface area contributed by atoms with Crippen LogP contribution in [0.1, 0.15) is 12.0 Å². The number of benzene rings is 1. The summed E-state index contributed by atoms with van der Waals surface area (Å²) in [5.74, 6) is 0.900. The molecule has 0 unspecified atom stereocenters. The van der Waals surface area contributed by atoms with E-state index in [1.54, 1.807) is 14.2 Å². The minimum Gasteiger partial charge on any atom is -0.497 e. The number of methoxy groups -OCH3 is 2. The third-order valence-corrected chi connectivity index (χ3v) is 3.59. The molecule has 1 aliphatic heterocycles. The van der Waals surface area contributed by atoms with E-state index in [2.05, 4.69) is 33.0 Å². The van der Waals surface area contributed by atoms with Gasteiger partial charge < -0.3 is 9.47 Å². The van der Waals surface area contributed by atoms with Crippen molar-refractivity contribution in [3.05, 3.63) is 28.2 Å². The maximum Gasteiger partial charge on any atom is 0.120 e. The van der Waals surface area contributed by atoms with Gasteiger partial charge in [-0.2, -0.15) is 0 Å². The number of rotatable bonds is 4. The number of ether oxygens (including phenoxy) is 2. The highest BCUT2D eigenvalue weighted by Crippen LogP contribution is 2.23. The van der Waals surface area contributed by atoms with Crippen molar-refractivity contribution in [2.45, 2.75) is 19.1 Å². The molecule has 1 aliphatic rings. The van der Waals surface area contributed by atoms with Crippen LogP contribution < -0.4 is 4.74 Å². The van der Waals surface area contributed by atoms with Gasteiger partial charge in [-0.1, -0.05) is 15.9 Å². The van der Waals surface area contributed by atoms with Crippen LogP contribution in [0.5, 0.6) is 5.75 Å². The molecule has 0 amide bonds. The molecule has 1 aromatic carbocycles. The van der Waals surface area contributed by atoms with Gasteiger partial charge in [0, 0.05) is 31.2 Å². The van der Waals surface area contributed by atoms with Crippen molar-refractivity contribution in [2.75, 3.05) is 27.3 Å². The summed E-state index contributed by atoms with van der Waals surface area (Å²) in [6.07, 6.45) is 1.52. The number of hydrogen-bond donors (Lipinski definition) is 0. The first kappa shape index (κ1) is 12.9. The molecule has 0 aromatic heterocycles. The molecule has 0 spiro atoms. The summed E-state index contributed by atoms with van der Waals surface area (Å²) < 4.78 is 11.7. The molecule has 0 saturated carbocycles. The summed E-state index contributed by atoms with van der Waals surface area (Å²) in [6, 6.07) is 6.21. The minimum absolute atomic E-state index is 0.393. The van der Waals surface area contributed by atoms with E-state index in [9.17, 15) is 0 Å². The third-order valence-electron chi connectivity index (χ3n) is 3.14. The van der Waals surface area contributed by atoms with Gasteiger partial charge in [-0.15, -0.1) is 0 Å². The summed E-state index contributed by atoms with van der Waals surface area (Å²) in [5, 5.41) is 0. The summed E-state index contributed by atoms with van der Waals surface area (Å²) in [4.78, 5) is 2.41. The lowest BCUT2D eigenvalue weighted by molar-refractivity contribution is 0.107. The van der Waals surface area contributed by atoms with Gasteiger partial charge in [-0.05, 0) is 30.2 Å². The van der Waals surface area contributed by atoms with Gasteiger partial charge >= 0.3 is 0 Å². The van der Waals surface area contributed by atoms with Crippen LogP contribution in [0.25, 0.3) is 0 Å². The van der Waals surface area contributed by atoms with E-state index in [1.807, 2.05) is 6.07 Å². The highest BCUT2D eigenvalue weighted by molar-refractivity contribution is 9.10. The highest BCUT2D eigenvalue weighted by atomic mass is 79.9. The lowest BCUT2D eigenvalue weighted by Crippen LogP contribution is -2.22. The van der Waals surface area contributed by atoms with Crippen LogP contribution in [0, 0.1) is 0 Å². The standard InChI is InChI=1S/C13H18BrNO2/c1-16-12-3-4-15(9-12)8-10-5-11(14)7-13(6-10)17-2/h5-7,12H,3-4,8-9H2,1-2H3/t12-/m0/s1. The van der Waals surface area contributed by atoms with Crippen molar-refractivity contribution in [3.63, 3.8) is 0 Å². The van der Waals surface area contributed by atoms with Gasteiger partial charge in [0.15, 0.2) is 0 Å². The molecule has 1 fully saturated rings. The predicted molar refractivity (Wildman–Crippen MR) is 71.4 cm³/mol. The minimum atomic E-state index is 0.393. The normalized spacial score (nSPS) is 20.8. The zero-order chi connectivity index (χ0) is 12.3. The molecule has 1 saturated heterocycles. The van der Waals surface area contributed by atoms with Crippen LogP contribution in [0.3, 0.4) is 0 Å². The van der Waals surface area contributed by atoms with Gasteiger partial charge in [-0.3, -0.25) is 4.90 Å². The molecule has 1 heterocycles. The maximum absolute atomic E-state index is 5.37. The second kappa shape index (κ2) is 5.85. The van der Waals surface area contributed by atoms with Gasteiger partial charge in [0.2, 0.25) is 0 Å². The zero-order valence-electron chi connectivity index (χ0n) is 10.3. The second-order valence-electron chi connectivity index (χ2n) is 4.38. The highest BCUT2D eigenvalue weighted by Gasteiger charge is 2.21. The van der Waals surface area contributed by atoms with Crippen molar-refractivity contribution < 1.29 is 9.47 Å². The Bertz CT molecular complexity index is 384. The molecule has 2 rings (SSSR count). The molecule has 17 heavy (non-hydrogen) atoms. The maximum atomic E-state index is 5.37. The van der Waals surface area contributed by atoms with Gasteiger partial charge in [-0.25, -0.2) is 0 Å². The predicted octanol–water partition coefficient (Wildman–Crippen LogP) is 2.68. The Morgan fingerprint density at radius 1 is 1.35 bits per heavy atom. The summed E-state index contributed by atoms with van der Waals surface area (Å²) in [5.41, 5.74) is 1.27. The summed E-state index contributed by atoms with van der Waals surface area (Å²) >= 11 is 3.51. The number of likely N-dealkylation sites (tertiary alicyclic amines) is 1. The van der Waals surface area contributed by atoms with E-state index in [0.29, 0.717) is 6.10 Å². The fourth-order valence-corrected chi connectivity index (χ4v) is 2.74. The van der Waals surface area contributed by atoms with Crippen LogP contribution in [0.4, 0.5) is 0 Å². The molecule has 4 heteroatoms. The Labute approximate surface area is 111 Å². The van der Waals surface area contributed by atoms with Gasteiger partial charge in [0.1, 0.15) is 5.75 Å². The molecule has 0 N–H and O–H groups in total. The van der Waals surface area contributed by atoms with Crippen molar-refractivity contribution in [1.82, 2.24) is 4.90 Å². The SMILES string of the molecule is COc1cc(Br)cc(CN2CC[C@H](OC)C2)c1. The Kier molecular flexibility index (Phi) is 4.42. The number of nitrogens with zero attached hydrogens (tertiary/aromatic N) is 1. The van der Waals surface area contributed by atoms with E-state index in [-0.39, 0.29) is 0 Å². The fraction of sp³-hybridized carbons (Fsp3) is 0.538. The van der Waals surface area contributed by atoms with Gasteiger partial charge in [0.05, 0.1) is 13.2 Å². The summed E-state index contributed by atoms with van der Waals surface area (Å²) in [6.45, 7) is 3.08. The van der Waals surface area contributed by atoms with Crippen LogP contribution in [-0.4, -0.2) is 38.3 Å². The smallest absolute Gasteiger partial charge is 0.120 e. The molecular weight excluding hydrogens is 282 g/mol. The Morgan fingerprint density at radius 2 is 2.18 bits per heavy atom. The Morgan fingerprint density at radius 3 is 2.82 bits per heavy atom. The van der Waals surface area contributed by atoms with Crippen LogP contribution >= 0.6 is 15.9 Å². The first-order valence-corrected chi connectivity index (χ1v) is 6.59. The zero-order valence-corrected chi connectivity index (χ0v) is 11.9. The number of halogens is 1. The van der Waals surface area contributed by atoms with E-state index < -0.39 is 0 Å². The second-order valence-corrected chi connectivity index (χ2v) is 5.30. The van der Waals surface area contributed by atoms with Crippen LogP contribution in [0.15, 0.2) is 22.7 Å². The molecule has 0 radical (unpaired) electrons. The van der Waals surface area contributed by atoms with Gasteiger partial charge in [0.25, 0.3) is 0 Å². The fourth-order valence-electron chi connectivity index (χ4n) is 2.22. The molecule has 1 atom stereocenters. The average molecular weight is 300 g/mol. The lowest BCUT2D eigenvalue weighted by atomic mass is 10.2. The Hall–Kier alpha value is -0.580. The van der Waals surface area contributed by atoms with E-state index in [0.717, 1.165) is 36.3 Å². The first-order chi connectivity index (χ1) is 8.21. The first-order valence-electron chi connectivity index (χ1n) is 5.80. The van der Waals surface area contributed by atoms with E-state index in [4.69, 9.17) is 9.47 Å². The van der Waals surface area contributed by atoms with Crippen molar-refractivity contribution in [1.29, 1.82) is 0 Å². The van der Waals surface area contributed by atoms with E-state index in [1.165, 1.54) is 5.56 Å². The summed E-state index contributed by atoms with van der Waals surface area (Å²) in [7, 11) is 3.48. The molecule has 94 valence electrons. The Balaban J connectivity index is 2.01. The molecule has 1 aromatic rings. The molecular formula is C13H18BrNO2. The average Bonchev–Trinajstić information content (AvgIpc) is 2.76. The van der Waals surface area contributed by atoms with E-state index >= 15 is 0 Å². The molecule has 3 nitrogen and oxygen atoms in total. The lowest BCUT2D eigenvalue weighted by Gasteiger charge is -2.16. The van der Waals surface area contributed by atoms with Crippen molar-refractivity contribution in [2.24, 2.45) is 0 Å². The van der Waals surface area contributed by atoms with Crippen molar-refractivity contribution in [3.8, 4) is 5.75 Å². The molecule has 0 aliphatic carbocycles. The number of hydrogen-bond acceptors (Lipinski definition) is 3. The largest absolute Gasteiger partial charge is 0.497 e. The van der Waals surface area contributed by atoms with Crippen molar-refractivity contribution >= 4 is 15.9 Å².